The average molecular weight is 302 g/mol. The molecule has 22 heavy (non-hydrogen) atoms. The zero-order valence-electron chi connectivity index (χ0n) is 13.4. The van der Waals surface area contributed by atoms with Crippen molar-refractivity contribution >= 4 is 11.8 Å². The average Bonchev–Trinajstić information content (AvgIpc) is 2.48. The van der Waals surface area contributed by atoms with E-state index in [1.807, 2.05) is 26.0 Å². The van der Waals surface area contributed by atoms with Crippen LogP contribution in [0.2, 0.25) is 0 Å². The fraction of sp³-hybridized carbons (Fsp3) is 0.444. The lowest BCUT2D eigenvalue weighted by Crippen LogP contribution is -2.47. The van der Waals surface area contributed by atoms with Gasteiger partial charge in [-0.25, -0.2) is 0 Å². The molecule has 0 heterocycles. The van der Waals surface area contributed by atoms with E-state index in [-0.39, 0.29) is 23.9 Å². The summed E-state index contributed by atoms with van der Waals surface area (Å²) in [6.07, 6.45) is 16.8. The van der Waals surface area contributed by atoms with Gasteiger partial charge in [-0.3, -0.25) is 14.5 Å². The van der Waals surface area contributed by atoms with Crippen molar-refractivity contribution in [2.75, 3.05) is 0 Å². The molecule has 0 bridgehead atoms. The topological polar surface area (TPSA) is 63.4 Å². The summed E-state index contributed by atoms with van der Waals surface area (Å²) in [5.41, 5.74) is 6.00. The Kier molecular flexibility index (Phi) is 8.15. The summed E-state index contributed by atoms with van der Waals surface area (Å²) in [5, 5.41) is 0. The summed E-state index contributed by atoms with van der Waals surface area (Å²) >= 11 is 0. The molecule has 0 aromatic heterocycles. The third kappa shape index (κ3) is 5.82. The third-order valence-corrected chi connectivity index (χ3v) is 3.61. The molecule has 2 atom stereocenters. The van der Waals surface area contributed by atoms with E-state index in [0.29, 0.717) is 6.42 Å². The molecule has 0 aliphatic heterocycles. The maximum Gasteiger partial charge on any atom is 0.253 e. The quantitative estimate of drug-likeness (QED) is 0.627. The van der Waals surface area contributed by atoms with E-state index in [4.69, 9.17) is 5.73 Å². The molecule has 0 radical (unpaired) electrons. The molecule has 0 spiro atoms. The molecular weight excluding hydrogens is 276 g/mol. The number of allylic oxidation sites excluding steroid dienone is 6. The van der Waals surface area contributed by atoms with Gasteiger partial charge in [0.2, 0.25) is 0 Å². The van der Waals surface area contributed by atoms with Crippen LogP contribution in [0.25, 0.3) is 0 Å². The van der Waals surface area contributed by atoms with Crippen LogP contribution in [-0.2, 0) is 9.59 Å². The molecule has 120 valence electrons. The van der Waals surface area contributed by atoms with E-state index >= 15 is 0 Å². The Bertz CT molecular complexity index is 455. The molecule has 1 rings (SSSR count). The van der Waals surface area contributed by atoms with Crippen molar-refractivity contribution in [1.29, 1.82) is 0 Å². The fourth-order valence-corrected chi connectivity index (χ4v) is 2.56. The van der Waals surface area contributed by atoms with Crippen LogP contribution in [0.3, 0.4) is 0 Å². The standard InChI is InChI=1S/C18H26N2O2/c1-3-5-7-12-17(21)20(18(22)13-8-6-4-2)16-11-9-10-15(19)14-16/h3-8,12-13,15-16H,9-11,14,19H2,1-2H3/b5-3+,6-4+,12-7+,13-8+. The third-order valence-electron chi connectivity index (χ3n) is 3.61. The van der Waals surface area contributed by atoms with Crippen molar-refractivity contribution in [2.45, 2.75) is 51.6 Å². The highest BCUT2D eigenvalue weighted by molar-refractivity contribution is 6.05. The highest BCUT2D eigenvalue weighted by Gasteiger charge is 2.30. The number of hydrogen-bond donors (Lipinski definition) is 1. The number of nitrogens with zero attached hydrogens (tertiary/aromatic N) is 1. The van der Waals surface area contributed by atoms with Crippen molar-refractivity contribution in [2.24, 2.45) is 5.73 Å². The molecule has 2 unspecified atom stereocenters. The summed E-state index contributed by atoms with van der Waals surface area (Å²) < 4.78 is 0. The molecule has 1 aliphatic rings. The molecule has 4 nitrogen and oxygen atoms in total. The Labute approximate surface area is 133 Å². The number of hydrogen-bond acceptors (Lipinski definition) is 3. The van der Waals surface area contributed by atoms with Gasteiger partial charge in [-0.1, -0.05) is 36.5 Å². The van der Waals surface area contributed by atoms with Gasteiger partial charge in [-0.15, -0.1) is 0 Å². The first-order valence-electron chi connectivity index (χ1n) is 7.81. The number of carbonyl (C=O) groups is 2. The van der Waals surface area contributed by atoms with Crippen molar-refractivity contribution in [3.63, 3.8) is 0 Å². The van der Waals surface area contributed by atoms with Crippen LogP contribution in [0, 0.1) is 0 Å². The summed E-state index contributed by atoms with van der Waals surface area (Å²) in [6, 6.07) is -0.0600. The van der Waals surface area contributed by atoms with E-state index in [9.17, 15) is 9.59 Å². The van der Waals surface area contributed by atoms with E-state index in [1.54, 1.807) is 24.3 Å². The number of nitrogens with two attached hydrogens (primary N) is 1. The van der Waals surface area contributed by atoms with Crippen molar-refractivity contribution in [3.8, 4) is 0 Å². The van der Waals surface area contributed by atoms with Crippen molar-refractivity contribution < 1.29 is 9.59 Å². The second kappa shape index (κ2) is 9.90. The van der Waals surface area contributed by atoms with Crippen molar-refractivity contribution in [1.82, 2.24) is 4.90 Å². The molecule has 1 saturated carbocycles. The van der Waals surface area contributed by atoms with Crippen LogP contribution in [0.5, 0.6) is 0 Å². The Balaban J connectivity index is 2.92. The number of carbonyl (C=O) groups excluding carboxylic acids is 2. The van der Waals surface area contributed by atoms with Crippen LogP contribution < -0.4 is 5.73 Å². The van der Waals surface area contributed by atoms with Crippen LogP contribution in [-0.4, -0.2) is 28.8 Å². The van der Waals surface area contributed by atoms with E-state index in [1.165, 1.54) is 17.1 Å². The maximum absolute atomic E-state index is 12.4. The first-order chi connectivity index (χ1) is 10.6. The van der Waals surface area contributed by atoms with E-state index < -0.39 is 0 Å². The summed E-state index contributed by atoms with van der Waals surface area (Å²) in [7, 11) is 0. The second-order valence-corrected chi connectivity index (χ2v) is 5.40. The lowest BCUT2D eigenvalue weighted by atomic mass is 9.90. The number of amides is 2. The highest BCUT2D eigenvalue weighted by atomic mass is 16.2. The lowest BCUT2D eigenvalue weighted by molar-refractivity contribution is -0.142. The molecule has 0 aromatic carbocycles. The predicted molar refractivity (Wildman–Crippen MR) is 90.0 cm³/mol. The molecule has 2 amide bonds. The zero-order valence-corrected chi connectivity index (χ0v) is 13.4. The largest absolute Gasteiger partial charge is 0.328 e. The smallest absolute Gasteiger partial charge is 0.253 e. The number of rotatable bonds is 5. The predicted octanol–water partition coefficient (Wildman–Crippen LogP) is 2.88. The Hall–Kier alpha value is -1.94. The normalized spacial score (nSPS) is 23.0. The van der Waals surface area contributed by atoms with Gasteiger partial charge in [0.25, 0.3) is 11.8 Å². The van der Waals surface area contributed by atoms with Gasteiger partial charge in [-0.05, 0) is 39.5 Å². The molecule has 1 fully saturated rings. The van der Waals surface area contributed by atoms with E-state index in [2.05, 4.69) is 0 Å². The second-order valence-electron chi connectivity index (χ2n) is 5.40. The Morgan fingerprint density at radius 1 is 0.955 bits per heavy atom. The minimum Gasteiger partial charge on any atom is -0.328 e. The molecule has 1 aliphatic carbocycles. The van der Waals surface area contributed by atoms with Crippen LogP contribution in [0.1, 0.15) is 39.5 Å². The monoisotopic (exact) mass is 302 g/mol. The van der Waals surface area contributed by atoms with Crippen LogP contribution in [0.4, 0.5) is 0 Å². The lowest BCUT2D eigenvalue weighted by Gasteiger charge is -2.34. The molecule has 2 N–H and O–H groups in total. The summed E-state index contributed by atoms with van der Waals surface area (Å²) in [6.45, 7) is 3.75. The summed E-state index contributed by atoms with van der Waals surface area (Å²) in [5.74, 6) is -0.570. The van der Waals surface area contributed by atoms with Crippen molar-refractivity contribution in [3.05, 3.63) is 48.6 Å². The highest BCUT2D eigenvalue weighted by Crippen LogP contribution is 2.23. The van der Waals surface area contributed by atoms with Gasteiger partial charge in [-0.2, -0.15) is 0 Å². The van der Waals surface area contributed by atoms with Gasteiger partial charge >= 0.3 is 0 Å². The Morgan fingerprint density at radius 2 is 1.50 bits per heavy atom. The summed E-state index contributed by atoms with van der Waals surface area (Å²) in [4.78, 5) is 26.1. The van der Waals surface area contributed by atoms with Gasteiger partial charge in [0.15, 0.2) is 0 Å². The molecule has 0 saturated heterocycles. The maximum atomic E-state index is 12.4. The van der Waals surface area contributed by atoms with Crippen LogP contribution in [0.15, 0.2) is 48.6 Å². The van der Waals surface area contributed by atoms with Gasteiger partial charge < -0.3 is 5.73 Å². The SMILES string of the molecule is C/C=C/C=C/C(=O)N(C(=O)/C=C/C=C/C)C1CCCC(N)C1. The zero-order chi connectivity index (χ0) is 16.4. The first kappa shape index (κ1) is 18.1. The van der Waals surface area contributed by atoms with Crippen LogP contribution >= 0.6 is 0 Å². The molecule has 4 heteroatoms. The molecular formula is C18H26N2O2. The Morgan fingerprint density at radius 3 is 1.95 bits per heavy atom. The minimum absolute atomic E-state index is 0.0564. The minimum atomic E-state index is -0.285. The van der Waals surface area contributed by atoms with Gasteiger partial charge in [0.1, 0.15) is 0 Å². The van der Waals surface area contributed by atoms with Gasteiger partial charge in [0, 0.05) is 24.2 Å². The van der Waals surface area contributed by atoms with E-state index in [0.717, 1.165) is 19.3 Å². The first-order valence-corrected chi connectivity index (χ1v) is 7.81. The molecule has 0 aromatic rings. The van der Waals surface area contributed by atoms with Gasteiger partial charge in [0.05, 0.1) is 0 Å². The number of imide groups is 1. The fourth-order valence-electron chi connectivity index (χ4n) is 2.56.